The van der Waals surface area contributed by atoms with Crippen molar-refractivity contribution >= 4 is 41.8 Å². The Labute approximate surface area is 191 Å². The molecule has 2 aromatic carbocycles. The molecule has 0 atom stereocenters. The van der Waals surface area contributed by atoms with Crippen molar-refractivity contribution in [2.45, 2.75) is 80.1 Å². The number of hydrogen-bond donors (Lipinski definition) is 0. The van der Waals surface area contributed by atoms with Crippen LogP contribution in [0.3, 0.4) is 0 Å². The van der Waals surface area contributed by atoms with Gasteiger partial charge >= 0.3 is 193 Å². The molecule has 0 saturated carbocycles. The van der Waals surface area contributed by atoms with Crippen molar-refractivity contribution in [1.29, 1.82) is 0 Å². The number of fused-ring (bicyclic) bond motifs is 2. The first kappa shape index (κ1) is 20.0. The molecule has 0 unspecified atom stereocenters. The van der Waals surface area contributed by atoms with Crippen molar-refractivity contribution in [1.82, 2.24) is 0 Å². The molecule has 0 amide bonds. The van der Waals surface area contributed by atoms with E-state index in [4.69, 9.17) is 0 Å². The fraction of sp³-hybridized carbons (Fsp3) is 0.538. The van der Waals surface area contributed by atoms with Crippen molar-refractivity contribution in [3.05, 3.63) is 70.8 Å². The molecular formula is C26H32Te2. The first-order chi connectivity index (χ1) is 12.9. The summed E-state index contributed by atoms with van der Waals surface area (Å²) in [5.41, 5.74) is 7.89. The van der Waals surface area contributed by atoms with Crippen LogP contribution in [0.1, 0.15) is 77.6 Å². The van der Waals surface area contributed by atoms with Gasteiger partial charge in [-0.05, 0) is 0 Å². The molecule has 0 bridgehead atoms. The Hall–Kier alpha value is 0.0192. The molecule has 3 aliphatic rings. The Morgan fingerprint density at radius 3 is 0.857 bits per heavy atom. The molecule has 0 radical (unpaired) electrons. The van der Waals surface area contributed by atoms with E-state index in [0.717, 1.165) is 0 Å². The zero-order valence-electron chi connectivity index (χ0n) is 18.4. The van der Waals surface area contributed by atoms with Crippen LogP contribution in [0.15, 0.2) is 48.5 Å². The molecule has 148 valence electrons. The molecule has 0 N–H and O–H groups in total. The summed E-state index contributed by atoms with van der Waals surface area (Å²) in [7, 11) is 0. The maximum atomic E-state index is 2.59. The summed E-state index contributed by atoms with van der Waals surface area (Å²) in [6.45, 7) is 20.7. The van der Waals surface area contributed by atoms with Crippen LogP contribution in [0.5, 0.6) is 0 Å². The third kappa shape index (κ3) is 1.84. The molecular weight excluding hydrogens is 567 g/mol. The van der Waals surface area contributed by atoms with E-state index in [1.165, 1.54) is 0 Å². The van der Waals surface area contributed by atoms with Gasteiger partial charge in [-0.15, -0.1) is 0 Å². The Morgan fingerprint density at radius 2 is 0.643 bits per heavy atom. The molecule has 1 heterocycles. The average molecular weight is 600 g/mol. The predicted octanol–water partition coefficient (Wildman–Crippen LogP) is 6.18. The van der Waals surface area contributed by atoms with E-state index in [1.54, 1.807) is 22.3 Å². The van der Waals surface area contributed by atoms with Crippen LogP contribution in [0, 0.1) is 0 Å². The topological polar surface area (TPSA) is 0 Å². The second-order valence-electron chi connectivity index (χ2n) is 11.0. The van der Waals surface area contributed by atoms with Gasteiger partial charge in [0.2, 0.25) is 0 Å². The summed E-state index contributed by atoms with van der Waals surface area (Å²) in [6, 6.07) is 18.8. The predicted molar refractivity (Wildman–Crippen MR) is 122 cm³/mol. The summed E-state index contributed by atoms with van der Waals surface area (Å²) in [5, 5.41) is 0. The monoisotopic (exact) mass is 604 g/mol. The zero-order chi connectivity index (χ0) is 20.4. The summed E-state index contributed by atoms with van der Waals surface area (Å²) in [5.74, 6) is 0. The van der Waals surface area contributed by atoms with Crippen LogP contribution < -0.4 is 0 Å². The second kappa shape index (κ2) is 5.43. The molecule has 28 heavy (non-hydrogen) atoms. The molecule has 1 aliphatic heterocycles. The summed E-state index contributed by atoms with van der Waals surface area (Å²) in [6.07, 6.45) is 0. The molecule has 1 fully saturated rings. The second-order valence-corrected chi connectivity index (χ2v) is 24.2. The quantitative estimate of drug-likeness (QED) is 0.318. The van der Waals surface area contributed by atoms with Gasteiger partial charge in [-0.1, -0.05) is 0 Å². The van der Waals surface area contributed by atoms with Crippen LogP contribution >= 0.6 is 0 Å². The van der Waals surface area contributed by atoms with Gasteiger partial charge in [0.05, 0.1) is 0 Å². The van der Waals surface area contributed by atoms with Gasteiger partial charge in [-0.3, -0.25) is 0 Å². The first-order valence-corrected chi connectivity index (χ1v) is 15.1. The van der Waals surface area contributed by atoms with Crippen LogP contribution in [-0.4, -0.2) is 41.8 Å². The number of hydrogen-bond acceptors (Lipinski definition) is 0. The molecule has 1 saturated heterocycles. The molecule has 0 aromatic heterocycles. The summed E-state index contributed by atoms with van der Waals surface area (Å²) >= 11 is -0.466. The number of rotatable bonds is 0. The third-order valence-electron chi connectivity index (χ3n) is 8.41. The minimum atomic E-state index is -0.233. The molecule has 0 nitrogen and oxygen atoms in total. The molecule has 2 heteroatoms. The summed E-state index contributed by atoms with van der Waals surface area (Å²) < 4.78 is 1.16. The normalized spacial score (nSPS) is 28.0. The summed E-state index contributed by atoms with van der Waals surface area (Å²) in [4.78, 5) is 0. The molecule has 2 spiro atoms. The van der Waals surface area contributed by atoms with Crippen molar-refractivity contribution in [3.8, 4) is 0 Å². The van der Waals surface area contributed by atoms with Gasteiger partial charge in [0.15, 0.2) is 0 Å². The molecule has 5 rings (SSSR count). The average Bonchev–Trinajstić information content (AvgIpc) is 2.82. The SMILES string of the molecule is CC1(C)c2ccccc2C(C)(C)C12[Te]C1([Te]2)C(C)(C)c2ccccc2C1(C)C. The van der Waals surface area contributed by atoms with Gasteiger partial charge in [-0.25, -0.2) is 0 Å². The van der Waals surface area contributed by atoms with Crippen molar-refractivity contribution in [3.63, 3.8) is 0 Å². The van der Waals surface area contributed by atoms with E-state index >= 15 is 0 Å². The van der Waals surface area contributed by atoms with Gasteiger partial charge in [0, 0.05) is 0 Å². The van der Waals surface area contributed by atoms with E-state index in [-0.39, 0.29) is 41.8 Å². The van der Waals surface area contributed by atoms with Crippen LogP contribution in [0.2, 0.25) is 3.02 Å². The zero-order valence-corrected chi connectivity index (χ0v) is 23.1. The van der Waals surface area contributed by atoms with Crippen molar-refractivity contribution in [2.24, 2.45) is 0 Å². The van der Waals surface area contributed by atoms with Crippen LogP contribution in [0.25, 0.3) is 0 Å². The van der Waals surface area contributed by atoms with E-state index in [9.17, 15) is 0 Å². The Balaban J connectivity index is 1.69. The van der Waals surface area contributed by atoms with Gasteiger partial charge < -0.3 is 0 Å². The Morgan fingerprint density at radius 1 is 0.429 bits per heavy atom. The molecule has 2 aliphatic carbocycles. The van der Waals surface area contributed by atoms with Crippen molar-refractivity contribution < 1.29 is 0 Å². The fourth-order valence-corrected chi connectivity index (χ4v) is 25.5. The van der Waals surface area contributed by atoms with Crippen LogP contribution in [0.4, 0.5) is 0 Å². The van der Waals surface area contributed by atoms with Gasteiger partial charge in [0.1, 0.15) is 0 Å². The van der Waals surface area contributed by atoms with E-state index < -0.39 is 0 Å². The Bertz CT molecular complexity index is 833. The maximum absolute atomic E-state index is 2.59. The van der Waals surface area contributed by atoms with E-state index in [2.05, 4.69) is 104 Å². The van der Waals surface area contributed by atoms with Crippen LogP contribution in [-0.2, 0) is 21.7 Å². The van der Waals surface area contributed by atoms with Gasteiger partial charge in [-0.2, -0.15) is 0 Å². The fourth-order valence-electron chi connectivity index (χ4n) is 6.85. The third-order valence-corrected chi connectivity index (χ3v) is 29.7. The van der Waals surface area contributed by atoms with E-state index in [1.807, 2.05) is 0 Å². The van der Waals surface area contributed by atoms with Gasteiger partial charge in [0.25, 0.3) is 0 Å². The van der Waals surface area contributed by atoms with Crippen molar-refractivity contribution in [2.75, 3.05) is 0 Å². The Kier molecular flexibility index (Phi) is 3.87. The standard InChI is InChI=1S/C26H32Te2/c1-21(2)17-13-9-10-14-18(17)22(3,4)25(21)27-26(28-25)23(5,6)19-15-11-12-16-20(19)24(26,7)8/h9-16H,1-8H3. The number of benzene rings is 2. The molecule has 2 aromatic rings. The van der Waals surface area contributed by atoms with E-state index in [0.29, 0.717) is 24.7 Å². The first-order valence-electron chi connectivity index (χ1n) is 10.5. The minimum absolute atomic E-state index is 0.233.